The molecular formula is C20H20F3N5OS. The minimum absolute atomic E-state index is 0.135. The van der Waals surface area contributed by atoms with Gasteiger partial charge in [0.2, 0.25) is 0 Å². The SMILES string of the molecule is C=C1C=C(c2ccnc(Nc3csc(C)n3)c2)C=C(N2CCOCC2C(F)(F)F)N1. The van der Waals surface area contributed by atoms with Crippen molar-refractivity contribution >= 4 is 28.5 Å². The zero-order chi connectivity index (χ0) is 21.3. The number of thiazole rings is 1. The smallest absolute Gasteiger partial charge is 0.377 e. The van der Waals surface area contributed by atoms with E-state index >= 15 is 0 Å². The van der Waals surface area contributed by atoms with Crippen LogP contribution in [0.5, 0.6) is 0 Å². The van der Waals surface area contributed by atoms with Crippen LogP contribution in [0.15, 0.2) is 54.0 Å². The summed E-state index contributed by atoms with van der Waals surface area (Å²) >= 11 is 1.52. The van der Waals surface area contributed by atoms with Crippen LogP contribution in [0.1, 0.15) is 10.6 Å². The summed E-state index contributed by atoms with van der Waals surface area (Å²) in [5.74, 6) is 1.64. The summed E-state index contributed by atoms with van der Waals surface area (Å²) in [4.78, 5) is 9.95. The number of anilines is 2. The number of dihydropyridines is 1. The number of aromatic nitrogens is 2. The maximum Gasteiger partial charge on any atom is 0.411 e. The van der Waals surface area contributed by atoms with Gasteiger partial charge in [0.1, 0.15) is 23.5 Å². The van der Waals surface area contributed by atoms with Crippen molar-refractivity contribution in [1.29, 1.82) is 0 Å². The first kappa shape index (κ1) is 20.4. The first-order valence-electron chi connectivity index (χ1n) is 9.25. The second-order valence-corrected chi connectivity index (χ2v) is 7.97. The molecule has 4 heterocycles. The Balaban J connectivity index is 1.61. The molecule has 2 aliphatic rings. The van der Waals surface area contributed by atoms with Gasteiger partial charge in [-0.2, -0.15) is 13.2 Å². The van der Waals surface area contributed by atoms with E-state index in [2.05, 4.69) is 27.2 Å². The molecule has 0 spiro atoms. The highest BCUT2D eigenvalue weighted by Gasteiger charge is 2.46. The lowest BCUT2D eigenvalue weighted by Gasteiger charge is -2.40. The van der Waals surface area contributed by atoms with Crippen molar-refractivity contribution < 1.29 is 17.9 Å². The largest absolute Gasteiger partial charge is 0.411 e. The molecule has 0 radical (unpaired) electrons. The minimum Gasteiger partial charge on any atom is -0.377 e. The van der Waals surface area contributed by atoms with Gasteiger partial charge in [-0.25, -0.2) is 9.97 Å². The van der Waals surface area contributed by atoms with E-state index in [9.17, 15) is 13.2 Å². The molecule has 30 heavy (non-hydrogen) atoms. The van der Waals surface area contributed by atoms with Crippen molar-refractivity contribution in [3.8, 4) is 0 Å². The van der Waals surface area contributed by atoms with Crippen LogP contribution in [-0.4, -0.2) is 46.8 Å². The molecule has 10 heteroatoms. The third-order valence-electron chi connectivity index (χ3n) is 4.69. The molecule has 1 unspecified atom stereocenters. The molecule has 0 amide bonds. The van der Waals surface area contributed by atoms with E-state index in [0.29, 0.717) is 23.2 Å². The van der Waals surface area contributed by atoms with Crippen LogP contribution in [0.4, 0.5) is 24.8 Å². The Bertz CT molecular complexity index is 1010. The number of nitrogens with one attached hydrogen (secondary N) is 2. The summed E-state index contributed by atoms with van der Waals surface area (Å²) in [5.41, 5.74) is 2.05. The Hall–Kier alpha value is -2.85. The topological polar surface area (TPSA) is 62.3 Å². The van der Waals surface area contributed by atoms with Gasteiger partial charge < -0.3 is 20.3 Å². The zero-order valence-electron chi connectivity index (χ0n) is 16.2. The number of nitrogens with zero attached hydrogens (tertiary/aromatic N) is 3. The van der Waals surface area contributed by atoms with E-state index in [1.807, 2.05) is 18.4 Å². The number of aryl methyl sites for hydroxylation is 1. The van der Waals surface area contributed by atoms with E-state index in [1.165, 1.54) is 16.2 Å². The van der Waals surface area contributed by atoms with Gasteiger partial charge in [0.05, 0.1) is 18.2 Å². The number of pyridine rings is 1. The molecule has 0 saturated carbocycles. The Labute approximate surface area is 175 Å². The van der Waals surface area contributed by atoms with Crippen molar-refractivity contribution in [1.82, 2.24) is 20.2 Å². The average molecular weight is 435 g/mol. The lowest BCUT2D eigenvalue weighted by Crippen LogP contribution is -2.54. The number of halogens is 3. The number of rotatable bonds is 4. The fraction of sp³-hybridized carbons (Fsp3) is 0.300. The zero-order valence-corrected chi connectivity index (χ0v) is 17.0. The fourth-order valence-corrected chi connectivity index (χ4v) is 3.87. The van der Waals surface area contributed by atoms with Gasteiger partial charge in [-0.05, 0) is 42.3 Å². The lowest BCUT2D eigenvalue weighted by atomic mass is 10.0. The number of hydrogen-bond donors (Lipinski definition) is 2. The summed E-state index contributed by atoms with van der Waals surface area (Å²) in [7, 11) is 0. The molecule has 0 bridgehead atoms. The third-order valence-corrected chi connectivity index (χ3v) is 5.47. The van der Waals surface area contributed by atoms with E-state index in [1.54, 1.807) is 24.4 Å². The minimum atomic E-state index is -4.40. The molecule has 2 aliphatic heterocycles. The summed E-state index contributed by atoms with van der Waals surface area (Å²) in [6, 6.07) is 1.92. The molecule has 0 aliphatic carbocycles. The highest BCUT2D eigenvalue weighted by Crippen LogP contribution is 2.32. The molecule has 2 aromatic heterocycles. The van der Waals surface area contributed by atoms with Crippen LogP contribution in [0, 0.1) is 6.92 Å². The van der Waals surface area contributed by atoms with Crippen LogP contribution < -0.4 is 10.6 Å². The van der Waals surface area contributed by atoms with Gasteiger partial charge in [-0.3, -0.25) is 0 Å². The molecular weight excluding hydrogens is 415 g/mol. The molecule has 2 N–H and O–H groups in total. The highest BCUT2D eigenvalue weighted by molar-refractivity contribution is 7.09. The summed E-state index contributed by atoms with van der Waals surface area (Å²) in [5, 5.41) is 8.93. The maximum absolute atomic E-state index is 13.5. The van der Waals surface area contributed by atoms with Crippen LogP contribution in [0.3, 0.4) is 0 Å². The predicted molar refractivity (Wildman–Crippen MR) is 110 cm³/mol. The number of allylic oxidation sites excluding steroid dienone is 3. The van der Waals surface area contributed by atoms with Gasteiger partial charge in [0.25, 0.3) is 0 Å². The van der Waals surface area contributed by atoms with Crippen molar-refractivity contribution in [2.75, 3.05) is 25.1 Å². The van der Waals surface area contributed by atoms with Crippen molar-refractivity contribution in [2.45, 2.75) is 19.1 Å². The Morgan fingerprint density at radius 2 is 2.17 bits per heavy atom. The van der Waals surface area contributed by atoms with Crippen LogP contribution in [-0.2, 0) is 4.74 Å². The van der Waals surface area contributed by atoms with Gasteiger partial charge in [-0.15, -0.1) is 11.3 Å². The number of morpholine rings is 1. The number of alkyl halides is 3. The molecule has 1 atom stereocenters. The molecule has 0 aromatic carbocycles. The van der Waals surface area contributed by atoms with Gasteiger partial charge in [0.15, 0.2) is 0 Å². The number of ether oxygens (including phenoxy) is 1. The summed E-state index contributed by atoms with van der Waals surface area (Å²) in [6.45, 7) is 5.79. The first-order chi connectivity index (χ1) is 14.3. The normalized spacial score (nSPS) is 19.8. The summed E-state index contributed by atoms with van der Waals surface area (Å²) < 4.78 is 45.5. The molecule has 4 rings (SSSR count). The third kappa shape index (κ3) is 4.49. The average Bonchev–Trinajstić information content (AvgIpc) is 3.11. The maximum atomic E-state index is 13.5. The van der Waals surface area contributed by atoms with Crippen molar-refractivity contribution in [3.05, 3.63) is 64.5 Å². The molecule has 1 saturated heterocycles. The van der Waals surface area contributed by atoms with Gasteiger partial charge >= 0.3 is 6.18 Å². The second kappa shape index (κ2) is 8.11. The van der Waals surface area contributed by atoms with E-state index in [0.717, 1.165) is 16.1 Å². The monoisotopic (exact) mass is 435 g/mol. The molecule has 1 fully saturated rings. The first-order valence-corrected chi connectivity index (χ1v) is 10.1. The summed E-state index contributed by atoms with van der Waals surface area (Å²) in [6.07, 6.45) is 0.734. The van der Waals surface area contributed by atoms with E-state index < -0.39 is 18.8 Å². The standard InChI is InChI=1S/C20H20F3N5OS/c1-12-7-15(9-19(25-12)28-5-6-29-10-16(28)20(21,22)23)14-3-4-24-17(8-14)27-18-11-30-13(2)26-18/h3-4,7-9,11,16,25H,1,5-6,10H2,2H3,(H,24,27). The molecule has 158 valence electrons. The van der Waals surface area contributed by atoms with E-state index in [-0.39, 0.29) is 13.2 Å². The highest BCUT2D eigenvalue weighted by atomic mass is 32.1. The van der Waals surface area contributed by atoms with Crippen LogP contribution in [0.2, 0.25) is 0 Å². The predicted octanol–water partition coefficient (Wildman–Crippen LogP) is 4.19. The molecule has 2 aromatic rings. The van der Waals surface area contributed by atoms with Crippen LogP contribution in [0.25, 0.3) is 5.57 Å². The van der Waals surface area contributed by atoms with Crippen molar-refractivity contribution in [3.63, 3.8) is 0 Å². The van der Waals surface area contributed by atoms with Gasteiger partial charge in [-0.1, -0.05) is 6.58 Å². The van der Waals surface area contributed by atoms with Gasteiger partial charge in [0, 0.05) is 23.8 Å². The molecule has 6 nitrogen and oxygen atoms in total. The van der Waals surface area contributed by atoms with Crippen LogP contribution >= 0.6 is 11.3 Å². The van der Waals surface area contributed by atoms with E-state index in [4.69, 9.17) is 4.74 Å². The Morgan fingerprint density at radius 3 is 2.90 bits per heavy atom. The second-order valence-electron chi connectivity index (χ2n) is 6.91. The quantitative estimate of drug-likeness (QED) is 0.751. The Kier molecular flexibility index (Phi) is 5.52. The number of hydrogen-bond acceptors (Lipinski definition) is 7. The lowest BCUT2D eigenvalue weighted by molar-refractivity contribution is -0.206. The van der Waals surface area contributed by atoms with Crippen molar-refractivity contribution in [2.24, 2.45) is 0 Å². The Morgan fingerprint density at radius 1 is 1.33 bits per heavy atom. The fourth-order valence-electron chi connectivity index (χ4n) is 3.33.